The van der Waals surface area contributed by atoms with Crippen molar-refractivity contribution in [3.63, 3.8) is 0 Å². The van der Waals surface area contributed by atoms with Gasteiger partial charge in [-0.15, -0.1) is 0 Å². The molecule has 0 amide bonds. The Morgan fingerprint density at radius 2 is 1.32 bits per heavy atom. The number of benzene rings is 2. The molecule has 1 fully saturated rings. The highest BCUT2D eigenvalue weighted by Gasteiger charge is 2.29. The molecule has 1 aliphatic heterocycles. The summed E-state index contributed by atoms with van der Waals surface area (Å²) in [7, 11) is -7.99. The Kier molecular flexibility index (Phi) is 9.25. The number of aryl methyl sites for hydroxylation is 2. The van der Waals surface area contributed by atoms with E-state index in [1.807, 2.05) is 13.8 Å². The first kappa shape index (κ1) is 26.8. The van der Waals surface area contributed by atoms with Crippen molar-refractivity contribution in [2.45, 2.75) is 62.2 Å². The van der Waals surface area contributed by atoms with Crippen LogP contribution in [-0.2, 0) is 38.1 Å². The minimum atomic E-state index is -4.02. The molecular weight excluding hydrogens is 480 g/mol. The fourth-order valence-electron chi connectivity index (χ4n) is 3.36. The number of hydrogen-bond donors (Lipinski definition) is 0. The van der Waals surface area contributed by atoms with Crippen LogP contribution >= 0.6 is 0 Å². The second-order valence-corrected chi connectivity index (χ2v) is 11.8. The molecule has 0 aromatic heterocycles. The molecule has 0 spiro atoms. The molecule has 3 rings (SSSR count). The van der Waals surface area contributed by atoms with E-state index in [4.69, 9.17) is 17.8 Å². The first-order valence-electron chi connectivity index (χ1n) is 11.3. The summed E-state index contributed by atoms with van der Waals surface area (Å²) in [5, 5.41) is 0. The van der Waals surface area contributed by atoms with Crippen molar-refractivity contribution in [1.29, 1.82) is 0 Å². The molecule has 1 aliphatic rings. The molecule has 0 saturated carbocycles. The highest BCUT2D eigenvalue weighted by Crippen LogP contribution is 2.23. The summed E-state index contributed by atoms with van der Waals surface area (Å²) in [5.41, 5.74) is 1.86. The molecule has 2 aromatic carbocycles. The highest BCUT2D eigenvalue weighted by atomic mass is 32.2. The van der Waals surface area contributed by atoms with Crippen molar-refractivity contribution in [1.82, 2.24) is 0 Å². The summed E-state index contributed by atoms with van der Waals surface area (Å²) >= 11 is 0. The lowest BCUT2D eigenvalue weighted by Gasteiger charge is -2.30. The quantitative estimate of drug-likeness (QED) is 0.417. The van der Waals surface area contributed by atoms with E-state index in [0.29, 0.717) is 13.0 Å². The van der Waals surface area contributed by atoms with Crippen molar-refractivity contribution >= 4 is 20.2 Å². The second kappa shape index (κ2) is 11.7. The normalized spacial score (nSPS) is 19.0. The van der Waals surface area contributed by atoms with Gasteiger partial charge in [0.15, 0.2) is 6.29 Å². The third-order valence-electron chi connectivity index (χ3n) is 5.59. The molecule has 3 atom stereocenters. The van der Waals surface area contributed by atoms with Gasteiger partial charge in [0, 0.05) is 12.5 Å². The van der Waals surface area contributed by atoms with Crippen molar-refractivity contribution in [2.75, 3.05) is 19.8 Å². The summed E-state index contributed by atoms with van der Waals surface area (Å²) in [5.74, 6) is -0.501. The third-order valence-corrected chi connectivity index (χ3v) is 8.18. The van der Waals surface area contributed by atoms with E-state index in [-0.39, 0.29) is 23.0 Å². The van der Waals surface area contributed by atoms with Gasteiger partial charge in [0.1, 0.15) is 0 Å². The minimum Gasteiger partial charge on any atom is -0.353 e. The number of ether oxygens (including phenoxy) is 2. The predicted molar refractivity (Wildman–Crippen MR) is 126 cm³/mol. The molecular formula is C24H32O8S2. The largest absolute Gasteiger partial charge is 0.353 e. The van der Waals surface area contributed by atoms with Gasteiger partial charge in [0.25, 0.3) is 20.2 Å². The summed E-state index contributed by atoms with van der Waals surface area (Å²) in [6, 6.07) is 12.7. The van der Waals surface area contributed by atoms with Gasteiger partial charge in [-0.1, -0.05) is 42.3 Å². The maximum atomic E-state index is 12.7. The smallest absolute Gasteiger partial charge is 0.297 e. The average molecular weight is 513 g/mol. The fourth-order valence-corrected chi connectivity index (χ4v) is 5.28. The van der Waals surface area contributed by atoms with Gasteiger partial charge in [-0.2, -0.15) is 16.8 Å². The maximum absolute atomic E-state index is 12.7. The molecule has 0 N–H and O–H groups in total. The summed E-state index contributed by atoms with van der Waals surface area (Å²) in [4.78, 5) is 0.0909. The molecule has 188 valence electrons. The molecule has 3 unspecified atom stereocenters. The SMILES string of the molecule is Cc1ccc(S(=O)(=O)OCC(C)C(COS(=O)(=O)c2ccc(C)cc2)OC2CCCCO2)cc1. The Labute approximate surface area is 202 Å². The van der Waals surface area contributed by atoms with Crippen LogP contribution in [0.5, 0.6) is 0 Å². The van der Waals surface area contributed by atoms with Gasteiger partial charge >= 0.3 is 0 Å². The fraction of sp³-hybridized carbons (Fsp3) is 0.500. The number of rotatable bonds is 11. The molecule has 0 radical (unpaired) electrons. The molecule has 34 heavy (non-hydrogen) atoms. The highest BCUT2D eigenvalue weighted by molar-refractivity contribution is 7.87. The molecule has 2 aromatic rings. The topological polar surface area (TPSA) is 105 Å². The van der Waals surface area contributed by atoms with Crippen LogP contribution in [0.2, 0.25) is 0 Å². The van der Waals surface area contributed by atoms with Crippen molar-refractivity contribution in [2.24, 2.45) is 5.92 Å². The van der Waals surface area contributed by atoms with Crippen molar-refractivity contribution in [3.8, 4) is 0 Å². The van der Waals surface area contributed by atoms with E-state index >= 15 is 0 Å². The first-order chi connectivity index (χ1) is 16.1. The average Bonchev–Trinajstić information content (AvgIpc) is 2.81. The van der Waals surface area contributed by atoms with E-state index in [9.17, 15) is 16.8 Å². The Morgan fingerprint density at radius 1 is 0.824 bits per heavy atom. The molecule has 8 nitrogen and oxygen atoms in total. The zero-order valence-electron chi connectivity index (χ0n) is 19.7. The maximum Gasteiger partial charge on any atom is 0.297 e. The molecule has 1 saturated heterocycles. The van der Waals surface area contributed by atoms with Crippen LogP contribution in [0.25, 0.3) is 0 Å². The second-order valence-electron chi connectivity index (χ2n) is 8.55. The van der Waals surface area contributed by atoms with Crippen LogP contribution in [0.15, 0.2) is 58.3 Å². The van der Waals surface area contributed by atoms with Crippen LogP contribution in [0.4, 0.5) is 0 Å². The van der Waals surface area contributed by atoms with Gasteiger partial charge < -0.3 is 9.47 Å². The lowest BCUT2D eigenvalue weighted by atomic mass is 10.1. The summed E-state index contributed by atoms with van der Waals surface area (Å²) in [6.45, 7) is 5.48. The molecule has 10 heteroatoms. The van der Waals surface area contributed by atoms with Crippen LogP contribution in [0, 0.1) is 19.8 Å². The van der Waals surface area contributed by atoms with Crippen LogP contribution in [-0.4, -0.2) is 49.1 Å². The van der Waals surface area contributed by atoms with Crippen LogP contribution in [0.1, 0.15) is 37.3 Å². The Morgan fingerprint density at radius 3 is 1.79 bits per heavy atom. The van der Waals surface area contributed by atoms with Gasteiger partial charge in [-0.3, -0.25) is 8.37 Å². The van der Waals surface area contributed by atoms with Gasteiger partial charge in [0.2, 0.25) is 0 Å². The molecule has 1 heterocycles. The third kappa shape index (κ3) is 7.59. The Balaban J connectivity index is 1.68. The van der Waals surface area contributed by atoms with Crippen molar-refractivity contribution < 1.29 is 34.7 Å². The van der Waals surface area contributed by atoms with E-state index in [1.165, 1.54) is 24.3 Å². The van der Waals surface area contributed by atoms with Crippen LogP contribution in [0.3, 0.4) is 0 Å². The minimum absolute atomic E-state index is 0.0385. The molecule has 0 aliphatic carbocycles. The zero-order valence-corrected chi connectivity index (χ0v) is 21.3. The predicted octanol–water partition coefficient (Wildman–Crippen LogP) is 3.96. The summed E-state index contributed by atoms with van der Waals surface area (Å²) in [6.07, 6.45) is 1.23. The standard InChI is InChI=1S/C24H32O8S2/c1-18-7-11-21(12-8-18)33(25,26)30-16-20(3)23(32-24-6-4-5-15-29-24)17-31-34(27,28)22-13-9-19(2)10-14-22/h7-14,20,23-24H,4-6,15-17H2,1-3H3. The lowest BCUT2D eigenvalue weighted by Crippen LogP contribution is -2.37. The Bertz CT molecular complexity index is 1120. The zero-order chi connectivity index (χ0) is 24.8. The number of hydrogen-bond acceptors (Lipinski definition) is 8. The first-order valence-corrected chi connectivity index (χ1v) is 14.1. The van der Waals surface area contributed by atoms with Gasteiger partial charge in [0.05, 0.1) is 29.1 Å². The van der Waals surface area contributed by atoms with Gasteiger partial charge in [-0.05, 0) is 57.4 Å². The van der Waals surface area contributed by atoms with E-state index in [1.54, 1.807) is 31.2 Å². The monoisotopic (exact) mass is 512 g/mol. The Hall–Kier alpha value is -1.82. The van der Waals surface area contributed by atoms with Gasteiger partial charge in [-0.25, -0.2) is 0 Å². The summed E-state index contributed by atoms with van der Waals surface area (Å²) < 4.78 is 72.7. The van der Waals surface area contributed by atoms with Crippen molar-refractivity contribution in [3.05, 3.63) is 59.7 Å². The molecule has 0 bridgehead atoms. The van der Waals surface area contributed by atoms with E-state index < -0.39 is 38.5 Å². The van der Waals surface area contributed by atoms with E-state index in [0.717, 1.165) is 24.0 Å². The van der Waals surface area contributed by atoms with E-state index in [2.05, 4.69) is 0 Å². The van der Waals surface area contributed by atoms with Crippen LogP contribution < -0.4 is 0 Å². The lowest BCUT2D eigenvalue weighted by molar-refractivity contribution is -0.204.